The predicted octanol–water partition coefficient (Wildman–Crippen LogP) is 3.26. The Morgan fingerprint density at radius 3 is 2.71 bits per heavy atom. The zero-order valence-electron chi connectivity index (χ0n) is 13.0. The number of methoxy groups -OCH3 is 1. The van der Waals surface area contributed by atoms with Gasteiger partial charge in [-0.3, -0.25) is 4.98 Å². The molecule has 21 heavy (non-hydrogen) atoms. The molecule has 0 saturated carbocycles. The van der Waals surface area contributed by atoms with Gasteiger partial charge in [0.2, 0.25) is 0 Å². The van der Waals surface area contributed by atoms with Crippen molar-refractivity contribution < 1.29 is 9.84 Å². The molecule has 1 atom stereocenters. The van der Waals surface area contributed by atoms with Gasteiger partial charge in [0, 0.05) is 23.8 Å². The molecule has 0 spiro atoms. The molecule has 4 nitrogen and oxygen atoms in total. The van der Waals surface area contributed by atoms with Gasteiger partial charge in [0.25, 0.3) is 0 Å². The number of aromatic hydroxyl groups is 1. The van der Waals surface area contributed by atoms with Crippen LogP contribution in [0.1, 0.15) is 35.5 Å². The highest BCUT2D eigenvalue weighted by atomic mass is 16.5. The molecule has 0 aliphatic carbocycles. The lowest BCUT2D eigenvalue weighted by atomic mass is 10.0. The van der Waals surface area contributed by atoms with E-state index in [0.29, 0.717) is 12.2 Å². The van der Waals surface area contributed by atoms with Gasteiger partial charge in [-0.2, -0.15) is 0 Å². The third kappa shape index (κ3) is 3.73. The molecular weight excluding hydrogens is 264 g/mol. The minimum Gasteiger partial charge on any atom is -0.506 e. The van der Waals surface area contributed by atoms with Gasteiger partial charge in [-0.25, -0.2) is 0 Å². The molecule has 1 unspecified atom stereocenters. The van der Waals surface area contributed by atoms with Gasteiger partial charge in [0.05, 0.1) is 12.8 Å². The van der Waals surface area contributed by atoms with Gasteiger partial charge in [0.1, 0.15) is 11.5 Å². The summed E-state index contributed by atoms with van der Waals surface area (Å²) in [5.74, 6) is 1.08. The average molecular weight is 286 g/mol. The Morgan fingerprint density at radius 1 is 1.24 bits per heavy atom. The third-order valence-electron chi connectivity index (χ3n) is 3.52. The van der Waals surface area contributed by atoms with Crippen LogP contribution in [0.25, 0.3) is 0 Å². The minimum absolute atomic E-state index is 0.0987. The van der Waals surface area contributed by atoms with E-state index in [1.54, 1.807) is 19.2 Å². The van der Waals surface area contributed by atoms with E-state index < -0.39 is 0 Å². The van der Waals surface area contributed by atoms with E-state index in [-0.39, 0.29) is 11.8 Å². The summed E-state index contributed by atoms with van der Waals surface area (Å²) in [4.78, 5) is 4.35. The van der Waals surface area contributed by atoms with Crippen LogP contribution in [0.3, 0.4) is 0 Å². The normalized spacial score (nSPS) is 12.2. The van der Waals surface area contributed by atoms with Crippen LogP contribution in [0.15, 0.2) is 30.3 Å². The van der Waals surface area contributed by atoms with Gasteiger partial charge in [0.15, 0.2) is 0 Å². The molecule has 0 radical (unpaired) electrons. The van der Waals surface area contributed by atoms with E-state index in [4.69, 9.17) is 4.74 Å². The van der Waals surface area contributed by atoms with Crippen LogP contribution in [-0.2, 0) is 6.54 Å². The number of nitrogens with zero attached hydrogens (tertiary/aromatic N) is 1. The third-order valence-corrected chi connectivity index (χ3v) is 3.52. The number of aryl methyl sites for hydroxylation is 2. The van der Waals surface area contributed by atoms with Crippen LogP contribution in [0, 0.1) is 13.8 Å². The molecule has 1 heterocycles. The number of ether oxygens (including phenoxy) is 1. The second-order valence-electron chi connectivity index (χ2n) is 5.27. The highest BCUT2D eigenvalue weighted by Gasteiger charge is 2.12. The number of hydrogen-bond acceptors (Lipinski definition) is 4. The first-order chi connectivity index (χ1) is 10.0. The van der Waals surface area contributed by atoms with Gasteiger partial charge < -0.3 is 15.2 Å². The molecule has 1 aromatic heterocycles. The lowest BCUT2D eigenvalue weighted by Crippen LogP contribution is -2.19. The van der Waals surface area contributed by atoms with E-state index in [2.05, 4.69) is 30.2 Å². The van der Waals surface area contributed by atoms with Crippen molar-refractivity contribution in [2.24, 2.45) is 0 Å². The monoisotopic (exact) mass is 286 g/mol. The smallest absolute Gasteiger partial charge is 0.138 e. The van der Waals surface area contributed by atoms with Crippen molar-refractivity contribution in [1.82, 2.24) is 10.3 Å². The first-order valence-corrected chi connectivity index (χ1v) is 7.04. The summed E-state index contributed by atoms with van der Waals surface area (Å²) in [6.07, 6.45) is 0. The summed E-state index contributed by atoms with van der Waals surface area (Å²) < 4.78 is 5.41. The van der Waals surface area contributed by atoms with Crippen molar-refractivity contribution in [3.05, 3.63) is 52.8 Å². The Labute approximate surface area is 125 Å². The lowest BCUT2D eigenvalue weighted by Gasteiger charge is -2.18. The summed E-state index contributed by atoms with van der Waals surface area (Å²) in [6, 6.07) is 9.69. The van der Waals surface area contributed by atoms with Gasteiger partial charge >= 0.3 is 0 Å². The number of pyridine rings is 1. The molecule has 0 saturated heterocycles. The molecule has 0 fully saturated rings. The summed E-state index contributed by atoms with van der Waals surface area (Å²) >= 11 is 0. The topological polar surface area (TPSA) is 54.4 Å². The van der Waals surface area contributed by atoms with Crippen molar-refractivity contribution in [3.63, 3.8) is 0 Å². The first-order valence-electron chi connectivity index (χ1n) is 7.04. The average Bonchev–Trinajstić information content (AvgIpc) is 2.47. The molecule has 0 aliphatic rings. The summed E-state index contributed by atoms with van der Waals surface area (Å²) in [5.41, 5.74) is 3.85. The van der Waals surface area contributed by atoms with E-state index in [1.165, 1.54) is 5.56 Å². The Kier molecular flexibility index (Phi) is 4.81. The second-order valence-corrected chi connectivity index (χ2v) is 5.27. The molecule has 2 N–H and O–H groups in total. The maximum Gasteiger partial charge on any atom is 0.138 e. The largest absolute Gasteiger partial charge is 0.506 e. The maximum atomic E-state index is 9.84. The standard InChI is InChI=1S/C17H22N2O2/c1-11-5-8-17(21-4)14(9-11)13(3)18-10-15-16(20)7-6-12(2)19-15/h5-9,13,18,20H,10H2,1-4H3. The molecule has 0 amide bonds. The highest BCUT2D eigenvalue weighted by Crippen LogP contribution is 2.26. The molecular formula is C17H22N2O2. The molecule has 0 bridgehead atoms. The summed E-state index contributed by atoms with van der Waals surface area (Å²) in [5, 5.41) is 13.2. The van der Waals surface area contributed by atoms with E-state index >= 15 is 0 Å². The van der Waals surface area contributed by atoms with Gasteiger partial charge in [-0.15, -0.1) is 0 Å². The Morgan fingerprint density at radius 2 is 2.00 bits per heavy atom. The van der Waals surface area contributed by atoms with Crippen molar-refractivity contribution in [2.45, 2.75) is 33.4 Å². The van der Waals surface area contributed by atoms with Crippen LogP contribution in [0.4, 0.5) is 0 Å². The maximum absolute atomic E-state index is 9.84. The Balaban J connectivity index is 2.13. The molecule has 2 aromatic rings. The fourth-order valence-electron chi connectivity index (χ4n) is 2.29. The van der Waals surface area contributed by atoms with E-state index in [9.17, 15) is 5.11 Å². The SMILES string of the molecule is COc1ccc(C)cc1C(C)NCc1nc(C)ccc1O. The molecule has 1 aromatic carbocycles. The zero-order chi connectivity index (χ0) is 15.4. The molecule has 112 valence electrons. The fraction of sp³-hybridized carbons (Fsp3) is 0.353. The predicted molar refractivity (Wildman–Crippen MR) is 83.6 cm³/mol. The van der Waals surface area contributed by atoms with Crippen molar-refractivity contribution in [2.75, 3.05) is 7.11 Å². The number of nitrogens with one attached hydrogen (secondary N) is 1. The Bertz CT molecular complexity index is 626. The lowest BCUT2D eigenvalue weighted by molar-refractivity contribution is 0.400. The van der Waals surface area contributed by atoms with Crippen LogP contribution in [0.5, 0.6) is 11.5 Å². The summed E-state index contributed by atoms with van der Waals surface area (Å²) in [6.45, 7) is 6.55. The van der Waals surface area contributed by atoms with Crippen molar-refractivity contribution >= 4 is 0 Å². The fourth-order valence-corrected chi connectivity index (χ4v) is 2.29. The Hall–Kier alpha value is -2.07. The van der Waals surface area contributed by atoms with Crippen LogP contribution in [-0.4, -0.2) is 17.2 Å². The van der Waals surface area contributed by atoms with Crippen LogP contribution < -0.4 is 10.1 Å². The van der Waals surface area contributed by atoms with Crippen molar-refractivity contribution in [1.29, 1.82) is 0 Å². The molecule has 0 aliphatic heterocycles. The van der Waals surface area contributed by atoms with Gasteiger partial charge in [-0.05, 0) is 39.0 Å². The minimum atomic E-state index is 0.0987. The number of rotatable bonds is 5. The highest BCUT2D eigenvalue weighted by molar-refractivity contribution is 5.39. The number of benzene rings is 1. The molecule has 2 rings (SSSR count). The second kappa shape index (κ2) is 6.59. The summed E-state index contributed by atoms with van der Waals surface area (Å²) in [7, 11) is 1.68. The van der Waals surface area contributed by atoms with Crippen molar-refractivity contribution in [3.8, 4) is 11.5 Å². The quantitative estimate of drug-likeness (QED) is 0.886. The number of hydrogen-bond donors (Lipinski definition) is 2. The first kappa shape index (κ1) is 15.3. The molecule has 4 heteroatoms. The number of aromatic nitrogens is 1. The van der Waals surface area contributed by atoms with Gasteiger partial charge in [-0.1, -0.05) is 17.7 Å². The zero-order valence-corrected chi connectivity index (χ0v) is 13.0. The van der Waals surface area contributed by atoms with E-state index in [0.717, 1.165) is 17.0 Å². The van der Waals surface area contributed by atoms with Crippen LogP contribution >= 0.6 is 0 Å². The van der Waals surface area contributed by atoms with Crippen LogP contribution in [0.2, 0.25) is 0 Å². The van der Waals surface area contributed by atoms with E-state index in [1.807, 2.05) is 19.1 Å².